The van der Waals surface area contributed by atoms with E-state index in [9.17, 15) is 31.1 Å². The zero-order chi connectivity index (χ0) is 32.1. The Morgan fingerprint density at radius 1 is 1.16 bits per heavy atom. The van der Waals surface area contributed by atoms with E-state index in [1.54, 1.807) is 32.9 Å². The van der Waals surface area contributed by atoms with Crippen LogP contribution in [-0.4, -0.2) is 47.4 Å². The third-order valence-corrected chi connectivity index (χ3v) is 6.64. The second-order valence-corrected chi connectivity index (χ2v) is 10.2. The number of hydrogen-bond acceptors (Lipinski definition) is 5. The fourth-order valence-corrected chi connectivity index (χ4v) is 4.77. The molecule has 16 heteroatoms. The number of aromatic nitrogens is 1. The Kier molecular flexibility index (Phi) is 10.6. The van der Waals surface area contributed by atoms with Crippen molar-refractivity contribution in [2.45, 2.75) is 77.6 Å². The van der Waals surface area contributed by atoms with Crippen molar-refractivity contribution in [2.75, 3.05) is 18.1 Å². The van der Waals surface area contributed by atoms with Crippen LogP contribution in [0.1, 0.15) is 67.7 Å². The Hall–Kier alpha value is -3.95. The number of alkyl halides is 6. The molecule has 0 bridgehead atoms. The van der Waals surface area contributed by atoms with E-state index >= 15 is 0 Å². The number of nitrogens with zero attached hydrogens (tertiary/aromatic N) is 5. The molecule has 236 valence electrons. The normalized spacial score (nSPS) is 17.9. The van der Waals surface area contributed by atoms with Gasteiger partial charge < -0.3 is 20.5 Å². The van der Waals surface area contributed by atoms with Gasteiger partial charge in [-0.25, -0.2) is 9.78 Å². The first kappa shape index (κ1) is 33.6. The maximum Gasteiger partial charge on any atom is 0.416 e. The van der Waals surface area contributed by atoms with Gasteiger partial charge in [0.05, 0.1) is 30.4 Å². The number of benzene rings is 1. The summed E-state index contributed by atoms with van der Waals surface area (Å²) >= 11 is 0. The van der Waals surface area contributed by atoms with E-state index in [0.29, 0.717) is 35.6 Å². The molecule has 1 amide bonds. The summed E-state index contributed by atoms with van der Waals surface area (Å²) in [6.45, 7) is 5.99. The predicted molar refractivity (Wildman–Crippen MR) is 144 cm³/mol. The van der Waals surface area contributed by atoms with Gasteiger partial charge in [0.2, 0.25) is 11.7 Å². The van der Waals surface area contributed by atoms with Gasteiger partial charge >= 0.3 is 18.4 Å². The van der Waals surface area contributed by atoms with Gasteiger partial charge in [-0.05, 0) is 61.7 Å². The van der Waals surface area contributed by atoms with E-state index in [0.717, 1.165) is 0 Å². The van der Waals surface area contributed by atoms with Gasteiger partial charge in [0, 0.05) is 25.6 Å². The molecule has 0 saturated carbocycles. The summed E-state index contributed by atoms with van der Waals surface area (Å²) in [6, 6.07) is 3.40. The highest BCUT2D eigenvalue weighted by molar-refractivity contribution is 5.90. The third-order valence-electron chi connectivity index (χ3n) is 6.64. The number of halogens is 6. The Morgan fingerprint density at radius 2 is 1.79 bits per heavy atom. The predicted octanol–water partition coefficient (Wildman–Crippen LogP) is 5.60. The molecule has 1 aromatic heterocycles. The van der Waals surface area contributed by atoms with Gasteiger partial charge in [-0.1, -0.05) is 12.0 Å². The van der Waals surface area contributed by atoms with Gasteiger partial charge in [-0.15, -0.1) is 0 Å². The number of rotatable bonds is 8. The number of hydrogen-bond donors (Lipinski definition) is 2. The zero-order valence-corrected chi connectivity index (χ0v) is 24.0. The second-order valence-electron chi connectivity index (χ2n) is 10.2. The van der Waals surface area contributed by atoms with Crippen LogP contribution in [0.15, 0.2) is 45.8 Å². The second kappa shape index (κ2) is 13.6. The highest BCUT2D eigenvalue weighted by Crippen LogP contribution is 2.41. The lowest BCUT2D eigenvalue weighted by Gasteiger charge is -2.41. The molecule has 1 aromatic carbocycles. The molecule has 1 aliphatic heterocycles. The van der Waals surface area contributed by atoms with Gasteiger partial charge in [-0.2, -0.15) is 31.5 Å². The molecular weight excluding hydrogens is 584 g/mol. The number of aryl methyl sites for hydroxylation is 1. The number of amides is 1. The quantitative estimate of drug-likeness (QED) is 0.131. The van der Waals surface area contributed by atoms with E-state index in [1.807, 2.05) is 6.92 Å². The average molecular weight is 619 g/mol. The lowest BCUT2D eigenvalue weighted by molar-refractivity contribution is -0.405. The highest BCUT2D eigenvalue weighted by Gasteiger charge is 2.44. The number of anilines is 1. The fourth-order valence-electron chi connectivity index (χ4n) is 4.77. The Morgan fingerprint density at radius 3 is 2.33 bits per heavy atom. The van der Waals surface area contributed by atoms with Crippen LogP contribution in [0.2, 0.25) is 0 Å². The van der Waals surface area contributed by atoms with Crippen molar-refractivity contribution in [2.24, 2.45) is 21.2 Å². The Balaban J connectivity index is 2.21. The van der Waals surface area contributed by atoms with E-state index in [2.05, 4.69) is 20.4 Å². The third kappa shape index (κ3) is 8.33. The van der Waals surface area contributed by atoms with E-state index in [-0.39, 0.29) is 37.2 Å². The first-order valence-electron chi connectivity index (χ1n) is 13.4. The number of aliphatic hydroxyl groups excluding tert-OH is 1. The SMILES string of the molecule is CCC1CC(N(Cc2cc(C(F)(F)F)cc(C(F)(F)F)c2)/C(N)=N/N=NCCO)c2[nH+]c(C)ccc2N1C(=O)OC(C)C. The van der Waals surface area contributed by atoms with Crippen LogP contribution in [0.25, 0.3) is 0 Å². The van der Waals surface area contributed by atoms with Crippen LogP contribution < -0.4 is 15.6 Å². The van der Waals surface area contributed by atoms with Gasteiger partial charge in [-0.3, -0.25) is 4.90 Å². The molecule has 43 heavy (non-hydrogen) atoms. The molecule has 1 aliphatic rings. The molecule has 0 saturated heterocycles. The average Bonchev–Trinajstić information content (AvgIpc) is 2.91. The van der Waals surface area contributed by atoms with Crippen LogP contribution in [0, 0.1) is 6.92 Å². The number of nitrogens with two attached hydrogens (primary N) is 1. The van der Waals surface area contributed by atoms with Crippen molar-refractivity contribution in [1.82, 2.24) is 4.90 Å². The number of aliphatic hydroxyl groups is 1. The molecule has 0 spiro atoms. The molecule has 2 heterocycles. The van der Waals surface area contributed by atoms with Crippen molar-refractivity contribution in [3.05, 3.63) is 58.4 Å². The monoisotopic (exact) mass is 618 g/mol. The van der Waals surface area contributed by atoms with Crippen molar-refractivity contribution < 1.29 is 46.0 Å². The van der Waals surface area contributed by atoms with Crippen molar-refractivity contribution in [3.8, 4) is 0 Å². The number of carbonyl (C=O) groups is 1. The van der Waals surface area contributed by atoms with E-state index in [1.165, 1.54) is 9.80 Å². The number of pyridine rings is 1. The van der Waals surface area contributed by atoms with Crippen molar-refractivity contribution in [1.29, 1.82) is 0 Å². The number of ether oxygens (including phenoxy) is 1. The minimum Gasteiger partial charge on any atom is -0.446 e. The fraction of sp³-hybridized carbons (Fsp3) is 0.519. The van der Waals surface area contributed by atoms with Crippen LogP contribution >= 0.6 is 0 Å². The highest BCUT2D eigenvalue weighted by atomic mass is 19.4. The zero-order valence-electron chi connectivity index (χ0n) is 24.0. The largest absolute Gasteiger partial charge is 0.446 e. The molecule has 10 nitrogen and oxygen atoms in total. The number of nitrogens with one attached hydrogen (secondary N) is 1. The Bertz CT molecular complexity index is 1320. The summed E-state index contributed by atoms with van der Waals surface area (Å²) in [4.78, 5) is 19.1. The summed E-state index contributed by atoms with van der Waals surface area (Å²) in [5.74, 6) is -0.355. The van der Waals surface area contributed by atoms with Crippen LogP contribution in [-0.2, 0) is 23.6 Å². The summed E-state index contributed by atoms with van der Waals surface area (Å²) in [5.41, 5.74) is 4.45. The van der Waals surface area contributed by atoms with Crippen molar-refractivity contribution in [3.63, 3.8) is 0 Å². The lowest BCUT2D eigenvalue weighted by atomic mass is 9.91. The number of fused-ring (bicyclic) bond motifs is 1. The topological polar surface area (TPSA) is 130 Å². The van der Waals surface area contributed by atoms with Gasteiger partial charge in [0.1, 0.15) is 11.7 Å². The molecular formula is C27H34F6N7O3+. The molecule has 4 N–H and O–H groups in total. The Labute approximate surface area is 244 Å². The number of H-pyrrole nitrogens is 1. The maximum atomic E-state index is 13.6. The van der Waals surface area contributed by atoms with Crippen LogP contribution in [0.3, 0.4) is 0 Å². The standard InChI is InChI=1S/C27H33F6N7O3/c1-5-20-13-22(23-21(7-6-16(4)36-23)40(20)25(42)43-15(2)3)39(24(34)37-38-35-8-9-41)14-17-10-18(26(28,29)30)12-19(11-17)27(31,32)33/h6-7,10-12,15,20,22,41H,5,8-9,13-14H2,1-4H3,(H2,34,35,37)/p+1. The van der Waals surface area contributed by atoms with Gasteiger partial charge in [0.15, 0.2) is 5.69 Å². The minimum atomic E-state index is -5.05. The van der Waals surface area contributed by atoms with Crippen LogP contribution in [0.4, 0.5) is 36.8 Å². The van der Waals surface area contributed by atoms with E-state index in [4.69, 9.17) is 15.6 Å². The first-order valence-corrected chi connectivity index (χ1v) is 13.4. The molecule has 0 aliphatic carbocycles. The van der Waals surface area contributed by atoms with E-state index < -0.39 is 54.3 Å². The summed E-state index contributed by atoms with van der Waals surface area (Å²) in [7, 11) is 0. The number of aromatic amines is 1. The van der Waals surface area contributed by atoms with Crippen molar-refractivity contribution >= 4 is 17.7 Å². The molecule has 2 aromatic rings. The van der Waals surface area contributed by atoms with Crippen LogP contribution in [0.5, 0.6) is 0 Å². The smallest absolute Gasteiger partial charge is 0.416 e. The summed E-state index contributed by atoms with van der Waals surface area (Å²) < 4.78 is 87.3. The summed E-state index contributed by atoms with van der Waals surface area (Å²) in [6.07, 6.45) is -10.5. The first-order chi connectivity index (χ1) is 20.1. The minimum absolute atomic E-state index is 0.0484. The summed E-state index contributed by atoms with van der Waals surface area (Å²) in [5, 5.41) is 20.0. The maximum absolute atomic E-state index is 13.6. The molecule has 2 unspecified atom stereocenters. The van der Waals surface area contributed by atoms with Gasteiger partial charge in [0.25, 0.3) is 0 Å². The molecule has 3 rings (SSSR count). The molecule has 0 fully saturated rings. The number of guanidine groups is 1. The molecule has 2 atom stereocenters. The number of carbonyl (C=O) groups excluding carboxylic acids is 1. The molecule has 0 radical (unpaired) electrons. The lowest BCUT2D eigenvalue weighted by Crippen LogP contribution is -2.52.